The molecule has 0 saturated carbocycles. The Labute approximate surface area is 55.3 Å². The number of rotatable bonds is 0. The Kier molecular flexibility index (Phi) is 1.28. The van der Waals surface area contributed by atoms with Gasteiger partial charge in [-0.3, -0.25) is 0 Å². The van der Waals surface area contributed by atoms with Crippen molar-refractivity contribution in [3.05, 3.63) is 12.2 Å². The van der Waals surface area contributed by atoms with Crippen LogP contribution in [-0.4, -0.2) is 25.7 Å². The van der Waals surface area contributed by atoms with Crippen molar-refractivity contribution < 1.29 is 0 Å². The van der Waals surface area contributed by atoms with E-state index in [0.29, 0.717) is 0 Å². The van der Waals surface area contributed by atoms with Crippen molar-refractivity contribution in [2.45, 2.75) is 6.04 Å². The van der Waals surface area contributed by atoms with Gasteiger partial charge in [-0.05, 0) is 0 Å². The second-order valence-electron chi connectivity index (χ2n) is 2.76. The Hall–Kier alpha value is -0.340. The first-order chi connectivity index (χ1) is 4.47. The van der Waals surface area contributed by atoms with Gasteiger partial charge in [0.15, 0.2) is 0 Å². The van der Waals surface area contributed by atoms with E-state index in [2.05, 4.69) is 22.8 Å². The van der Waals surface area contributed by atoms with Gasteiger partial charge in [-0.25, -0.2) is 0 Å². The number of nitrogens with one attached hydrogen (secondary N) is 2. The van der Waals surface area contributed by atoms with Crippen molar-refractivity contribution in [3.8, 4) is 0 Å². The summed E-state index contributed by atoms with van der Waals surface area (Å²) in [7, 11) is 0. The van der Waals surface area contributed by atoms with Crippen LogP contribution in [0.2, 0.25) is 0 Å². The average Bonchev–Trinajstić information content (AvgIpc) is 2.33. The van der Waals surface area contributed by atoms with Crippen LogP contribution in [-0.2, 0) is 0 Å². The molecule has 2 aliphatic rings. The van der Waals surface area contributed by atoms with Gasteiger partial charge < -0.3 is 10.6 Å². The van der Waals surface area contributed by atoms with Crippen LogP contribution in [0, 0.1) is 5.92 Å². The first-order valence-corrected chi connectivity index (χ1v) is 3.57. The molecule has 2 rings (SSSR count). The van der Waals surface area contributed by atoms with E-state index in [1.54, 1.807) is 0 Å². The Morgan fingerprint density at radius 1 is 1.33 bits per heavy atom. The van der Waals surface area contributed by atoms with E-state index in [1.807, 2.05) is 0 Å². The third kappa shape index (κ3) is 0.884. The van der Waals surface area contributed by atoms with E-state index in [4.69, 9.17) is 0 Å². The lowest BCUT2D eigenvalue weighted by molar-refractivity contribution is 0.490. The first kappa shape index (κ1) is 5.45. The van der Waals surface area contributed by atoms with Crippen LogP contribution < -0.4 is 10.6 Å². The molecule has 2 heterocycles. The smallest absolute Gasteiger partial charge is 0.0270 e. The molecule has 2 heteroatoms. The first-order valence-electron chi connectivity index (χ1n) is 3.57. The molecule has 1 saturated heterocycles. The minimum atomic E-state index is 0.718. The van der Waals surface area contributed by atoms with Crippen LogP contribution in [0.25, 0.3) is 0 Å². The summed E-state index contributed by atoms with van der Waals surface area (Å²) in [4.78, 5) is 0. The largest absolute Gasteiger partial charge is 0.315 e. The van der Waals surface area contributed by atoms with Gasteiger partial charge in [0.05, 0.1) is 0 Å². The van der Waals surface area contributed by atoms with Gasteiger partial charge in [0.2, 0.25) is 0 Å². The zero-order valence-electron chi connectivity index (χ0n) is 5.43. The molecule has 0 radical (unpaired) electrons. The molecule has 0 aliphatic carbocycles. The van der Waals surface area contributed by atoms with Gasteiger partial charge in [-0.15, -0.1) is 0 Å². The monoisotopic (exact) mass is 124 g/mol. The van der Waals surface area contributed by atoms with Crippen LogP contribution in [0.15, 0.2) is 12.2 Å². The van der Waals surface area contributed by atoms with Gasteiger partial charge in [0, 0.05) is 31.6 Å². The maximum absolute atomic E-state index is 3.43. The summed E-state index contributed by atoms with van der Waals surface area (Å²) < 4.78 is 0. The third-order valence-electron chi connectivity index (χ3n) is 2.14. The zero-order chi connectivity index (χ0) is 6.10. The lowest BCUT2D eigenvalue weighted by Gasteiger charge is -2.19. The highest BCUT2D eigenvalue weighted by molar-refractivity contribution is 5.05. The molecular weight excluding hydrogens is 112 g/mol. The van der Waals surface area contributed by atoms with Crippen LogP contribution in [0.4, 0.5) is 0 Å². The minimum Gasteiger partial charge on any atom is -0.315 e. The van der Waals surface area contributed by atoms with Gasteiger partial charge in [-0.1, -0.05) is 12.2 Å². The molecule has 0 aromatic carbocycles. The number of fused-ring (bicyclic) bond motifs is 1. The highest BCUT2D eigenvalue weighted by Crippen LogP contribution is 2.12. The van der Waals surface area contributed by atoms with E-state index < -0.39 is 0 Å². The summed E-state index contributed by atoms with van der Waals surface area (Å²) in [6.07, 6.45) is 4.54. The third-order valence-corrected chi connectivity index (χ3v) is 2.14. The molecular formula is C7H12N2. The van der Waals surface area contributed by atoms with Crippen molar-refractivity contribution in [1.82, 2.24) is 10.6 Å². The molecule has 2 nitrogen and oxygen atoms in total. The normalized spacial score (nSPS) is 40.9. The van der Waals surface area contributed by atoms with E-state index in [0.717, 1.165) is 31.6 Å². The van der Waals surface area contributed by atoms with Crippen LogP contribution in [0.3, 0.4) is 0 Å². The van der Waals surface area contributed by atoms with Crippen LogP contribution in [0.5, 0.6) is 0 Å². The fourth-order valence-electron chi connectivity index (χ4n) is 1.59. The summed E-state index contributed by atoms with van der Waals surface area (Å²) in [5, 5.41) is 6.78. The Balaban J connectivity index is 2.10. The molecule has 0 amide bonds. The number of hydrogen-bond acceptors (Lipinski definition) is 2. The van der Waals surface area contributed by atoms with Crippen LogP contribution in [0.1, 0.15) is 0 Å². The Morgan fingerprint density at radius 3 is 3.22 bits per heavy atom. The van der Waals surface area contributed by atoms with Crippen molar-refractivity contribution in [1.29, 1.82) is 0 Å². The summed E-state index contributed by atoms with van der Waals surface area (Å²) in [6.45, 7) is 3.37. The Morgan fingerprint density at radius 2 is 2.33 bits per heavy atom. The molecule has 9 heavy (non-hydrogen) atoms. The zero-order valence-corrected chi connectivity index (χ0v) is 5.43. The standard InChI is InChI=1S/C7H12N2/c1-2-6-4-8-5-7(6)9-3-1/h1-2,6-9H,3-5H2. The predicted octanol–water partition coefficient (Wildman–Crippen LogP) is -0.266. The summed E-state index contributed by atoms with van der Waals surface area (Å²) >= 11 is 0. The second-order valence-corrected chi connectivity index (χ2v) is 2.76. The van der Waals surface area contributed by atoms with Gasteiger partial charge in [0.1, 0.15) is 0 Å². The highest BCUT2D eigenvalue weighted by Gasteiger charge is 2.25. The fraction of sp³-hybridized carbons (Fsp3) is 0.714. The lowest BCUT2D eigenvalue weighted by Crippen LogP contribution is -2.37. The molecule has 0 aromatic rings. The molecule has 0 aromatic heterocycles. The van der Waals surface area contributed by atoms with E-state index >= 15 is 0 Å². The van der Waals surface area contributed by atoms with Crippen molar-refractivity contribution in [2.24, 2.45) is 5.92 Å². The molecule has 0 bridgehead atoms. The summed E-state index contributed by atoms with van der Waals surface area (Å²) in [6, 6.07) is 0.718. The predicted molar refractivity (Wildman–Crippen MR) is 37.3 cm³/mol. The second kappa shape index (κ2) is 2.12. The minimum absolute atomic E-state index is 0.718. The average molecular weight is 124 g/mol. The Bertz CT molecular complexity index is 131. The molecule has 2 N–H and O–H groups in total. The number of hydrogen-bond donors (Lipinski definition) is 2. The quantitative estimate of drug-likeness (QED) is 0.434. The van der Waals surface area contributed by atoms with Gasteiger partial charge in [0.25, 0.3) is 0 Å². The fourth-order valence-corrected chi connectivity index (χ4v) is 1.59. The maximum atomic E-state index is 3.43. The summed E-state index contributed by atoms with van der Waals surface area (Å²) in [5.41, 5.74) is 0. The molecule has 2 aliphatic heterocycles. The van der Waals surface area contributed by atoms with E-state index in [1.165, 1.54) is 0 Å². The topological polar surface area (TPSA) is 24.1 Å². The van der Waals surface area contributed by atoms with Gasteiger partial charge in [-0.2, -0.15) is 0 Å². The SMILES string of the molecule is C1=CC2CNCC2NC1. The van der Waals surface area contributed by atoms with Crippen molar-refractivity contribution >= 4 is 0 Å². The molecule has 0 spiro atoms. The van der Waals surface area contributed by atoms with E-state index in [-0.39, 0.29) is 0 Å². The summed E-state index contributed by atoms with van der Waals surface area (Å²) in [5.74, 6) is 0.763. The molecule has 50 valence electrons. The molecule has 2 unspecified atom stereocenters. The van der Waals surface area contributed by atoms with E-state index in [9.17, 15) is 0 Å². The van der Waals surface area contributed by atoms with Crippen molar-refractivity contribution in [2.75, 3.05) is 19.6 Å². The molecule has 1 fully saturated rings. The van der Waals surface area contributed by atoms with Gasteiger partial charge >= 0.3 is 0 Å². The van der Waals surface area contributed by atoms with Crippen molar-refractivity contribution in [3.63, 3.8) is 0 Å². The maximum Gasteiger partial charge on any atom is 0.0270 e. The highest BCUT2D eigenvalue weighted by atomic mass is 15.0. The molecule has 2 atom stereocenters. The van der Waals surface area contributed by atoms with Crippen LogP contribution >= 0.6 is 0 Å². The lowest BCUT2D eigenvalue weighted by atomic mass is 10.0.